The summed E-state index contributed by atoms with van der Waals surface area (Å²) >= 11 is 1.52. The van der Waals surface area contributed by atoms with Gasteiger partial charge >= 0.3 is 0 Å². The molecule has 0 aromatic carbocycles. The van der Waals surface area contributed by atoms with Gasteiger partial charge in [-0.05, 0) is 57.3 Å². The first-order valence-electron chi connectivity index (χ1n) is 9.73. The van der Waals surface area contributed by atoms with Gasteiger partial charge in [-0.2, -0.15) is 0 Å². The number of amides is 2. The molecule has 4 heterocycles. The lowest BCUT2D eigenvalue weighted by atomic mass is 10.0. The Labute approximate surface area is 164 Å². The summed E-state index contributed by atoms with van der Waals surface area (Å²) in [5.74, 6) is -0.340. The van der Waals surface area contributed by atoms with Crippen molar-refractivity contribution in [2.45, 2.75) is 37.8 Å². The zero-order valence-electron chi connectivity index (χ0n) is 16.0. The van der Waals surface area contributed by atoms with Crippen LogP contribution in [0.3, 0.4) is 0 Å². The highest BCUT2D eigenvalue weighted by atomic mass is 32.1. The standard InChI is InChI=1S/C20H27N3O3S/c1-21-9-7-14(8-10-21)22(2)18-17(16-6-4-12-27-16)19(24)23(20(18)25)13-15-5-3-11-26-15/h4,6,12,14-15H,3,5,7-11,13H2,1-2H3. The highest BCUT2D eigenvalue weighted by Crippen LogP contribution is 2.35. The Morgan fingerprint density at radius 3 is 2.63 bits per heavy atom. The Balaban J connectivity index is 1.63. The molecule has 27 heavy (non-hydrogen) atoms. The number of ether oxygens (including phenoxy) is 1. The average Bonchev–Trinajstić information content (AvgIpc) is 3.40. The Morgan fingerprint density at radius 2 is 2.00 bits per heavy atom. The number of thiophene rings is 1. The number of hydrogen-bond acceptors (Lipinski definition) is 6. The van der Waals surface area contributed by atoms with Gasteiger partial charge in [0.25, 0.3) is 11.8 Å². The zero-order chi connectivity index (χ0) is 19.0. The Morgan fingerprint density at radius 1 is 1.22 bits per heavy atom. The van der Waals surface area contributed by atoms with Crippen LogP contribution in [0.4, 0.5) is 0 Å². The van der Waals surface area contributed by atoms with Gasteiger partial charge in [0.2, 0.25) is 0 Å². The van der Waals surface area contributed by atoms with Crippen LogP contribution in [0.15, 0.2) is 23.2 Å². The van der Waals surface area contributed by atoms with Crippen LogP contribution < -0.4 is 0 Å². The van der Waals surface area contributed by atoms with Crippen LogP contribution in [0.1, 0.15) is 30.6 Å². The van der Waals surface area contributed by atoms with E-state index in [-0.39, 0.29) is 24.0 Å². The van der Waals surface area contributed by atoms with E-state index in [1.165, 1.54) is 16.2 Å². The molecule has 3 aliphatic rings. The predicted octanol–water partition coefficient (Wildman–Crippen LogP) is 2.03. The lowest BCUT2D eigenvalue weighted by Crippen LogP contribution is -2.44. The third-order valence-electron chi connectivity index (χ3n) is 5.91. The molecule has 0 saturated carbocycles. The molecule has 7 heteroatoms. The van der Waals surface area contributed by atoms with E-state index in [0.717, 1.165) is 43.6 Å². The van der Waals surface area contributed by atoms with Gasteiger partial charge in [-0.25, -0.2) is 0 Å². The van der Waals surface area contributed by atoms with E-state index in [4.69, 9.17) is 4.74 Å². The molecule has 0 radical (unpaired) electrons. The maximum absolute atomic E-state index is 13.3. The van der Waals surface area contributed by atoms with Gasteiger partial charge < -0.3 is 14.5 Å². The van der Waals surface area contributed by atoms with Crippen molar-refractivity contribution < 1.29 is 14.3 Å². The normalized spacial score (nSPS) is 25.1. The van der Waals surface area contributed by atoms with Crippen molar-refractivity contribution in [2.75, 3.05) is 40.3 Å². The second kappa shape index (κ2) is 7.73. The molecule has 0 aliphatic carbocycles. The fourth-order valence-corrected chi connectivity index (χ4v) is 5.02. The van der Waals surface area contributed by atoms with E-state index in [1.54, 1.807) is 0 Å². The van der Waals surface area contributed by atoms with E-state index in [2.05, 4.69) is 16.8 Å². The monoisotopic (exact) mass is 389 g/mol. The summed E-state index contributed by atoms with van der Waals surface area (Å²) in [6.45, 7) is 3.10. The number of likely N-dealkylation sites (N-methyl/N-ethyl adjacent to an activating group) is 1. The molecule has 2 fully saturated rings. The average molecular weight is 390 g/mol. The number of carbonyl (C=O) groups is 2. The summed E-state index contributed by atoms with van der Waals surface area (Å²) < 4.78 is 5.68. The third kappa shape index (κ3) is 3.56. The van der Waals surface area contributed by atoms with Crippen molar-refractivity contribution in [3.8, 4) is 0 Å². The number of carbonyl (C=O) groups excluding carboxylic acids is 2. The van der Waals surface area contributed by atoms with Crippen LogP contribution in [-0.4, -0.2) is 79.0 Å². The first-order chi connectivity index (χ1) is 13.1. The molecule has 0 bridgehead atoms. The number of imide groups is 1. The second-order valence-corrected chi connectivity index (χ2v) is 8.65. The lowest BCUT2D eigenvalue weighted by Gasteiger charge is -2.36. The van der Waals surface area contributed by atoms with Crippen molar-refractivity contribution in [2.24, 2.45) is 0 Å². The summed E-state index contributed by atoms with van der Waals surface area (Å²) in [5, 5.41) is 1.95. The summed E-state index contributed by atoms with van der Waals surface area (Å²) in [4.78, 5) is 33.2. The summed E-state index contributed by atoms with van der Waals surface area (Å²) in [5.41, 5.74) is 1.13. The number of piperidine rings is 1. The number of nitrogens with zero attached hydrogens (tertiary/aromatic N) is 3. The molecule has 4 rings (SSSR count). The van der Waals surface area contributed by atoms with Crippen LogP contribution in [0.2, 0.25) is 0 Å². The molecule has 1 atom stereocenters. The smallest absolute Gasteiger partial charge is 0.277 e. The third-order valence-corrected chi connectivity index (χ3v) is 6.80. The van der Waals surface area contributed by atoms with Gasteiger partial charge in [-0.3, -0.25) is 14.5 Å². The summed E-state index contributed by atoms with van der Waals surface area (Å²) in [7, 11) is 4.10. The Bertz CT molecular complexity index is 732. The van der Waals surface area contributed by atoms with Crippen molar-refractivity contribution >= 4 is 28.7 Å². The van der Waals surface area contributed by atoms with Crippen molar-refractivity contribution in [3.05, 3.63) is 28.1 Å². The van der Waals surface area contributed by atoms with Gasteiger partial charge in [-0.1, -0.05) is 6.07 Å². The lowest BCUT2D eigenvalue weighted by molar-refractivity contribution is -0.139. The molecule has 2 saturated heterocycles. The Hall–Kier alpha value is -1.70. The fourth-order valence-electron chi connectivity index (χ4n) is 4.26. The van der Waals surface area contributed by atoms with E-state index in [9.17, 15) is 9.59 Å². The predicted molar refractivity (Wildman–Crippen MR) is 105 cm³/mol. The number of hydrogen-bond donors (Lipinski definition) is 0. The largest absolute Gasteiger partial charge is 0.376 e. The maximum atomic E-state index is 13.3. The highest BCUT2D eigenvalue weighted by molar-refractivity contribution is 7.11. The molecule has 3 aliphatic heterocycles. The van der Waals surface area contributed by atoms with Gasteiger partial charge in [0, 0.05) is 24.6 Å². The van der Waals surface area contributed by atoms with Crippen LogP contribution in [0, 0.1) is 0 Å². The number of rotatable bonds is 5. The first-order valence-corrected chi connectivity index (χ1v) is 10.6. The molecule has 0 spiro atoms. The summed E-state index contributed by atoms with van der Waals surface area (Å²) in [6, 6.07) is 4.15. The molecular weight excluding hydrogens is 362 g/mol. The second-order valence-electron chi connectivity index (χ2n) is 7.70. The molecule has 2 amide bonds. The fraction of sp³-hybridized carbons (Fsp3) is 0.600. The van der Waals surface area contributed by atoms with Crippen LogP contribution in [-0.2, 0) is 14.3 Å². The SMILES string of the molecule is CN1CCC(N(C)C2=C(c3cccs3)C(=O)N(CC3CCCO3)C2=O)CC1. The summed E-state index contributed by atoms with van der Waals surface area (Å²) in [6.07, 6.45) is 3.87. The highest BCUT2D eigenvalue weighted by Gasteiger charge is 2.43. The topological polar surface area (TPSA) is 53.1 Å². The van der Waals surface area contributed by atoms with Crippen LogP contribution in [0.25, 0.3) is 5.57 Å². The van der Waals surface area contributed by atoms with Gasteiger partial charge in [0.1, 0.15) is 5.70 Å². The van der Waals surface area contributed by atoms with Crippen LogP contribution >= 0.6 is 11.3 Å². The van der Waals surface area contributed by atoms with Crippen molar-refractivity contribution in [1.82, 2.24) is 14.7 Å². The zero-order valence-corrected chi connectivity index (χ0v) is 16.8. The minimum absolute atomic E-state index is 0.0320. The van der Waals surface area contributed by atoms with Gasteiger partial charge in [-0.15, -0.1) is 11.3 Å². The van der Waals surface area contributed by atoms with E-state index >= 15 is 0 Å². The molecule has 1 unspecified atom stereocenters. The number of likely N-dealkylation sites (tertiary alicyclic amines) is 1. The molecule has 6 nitrogen and oxygen atoms in total. The van der Waals surface area contributed by atoms with Crippen LogP contribution in [0.5, 0.6) is 0 Å². The van der Waals surface area contributed by atoms with Gasteiger partial charge in [0.05, 0.1) is 18.2 Å². The Kier molecular flexibility index (Phi) is 5.34. The molecule has 146 valence electrons. The molecular formula is C20H27N3O3S. The quantitative estimate of drug-likeness (QED) is 0.722. The van der Waals surface area contributed by atoms with Crippen molar-refractivity contribution in [3.63, 3.8) is 0 Å². The van der Waals surface area contributed by atoms with Crippen molar-refractivity contribution in [1.29, 1.82) is 0 Å². The van der Waals surface area contributed by atoms with Gasteiger partial charge in [0.15, 0.2) is 0 Å². The molecule has 0 N–H and O–H groups in total. The molecule has 1 aromatic heterocycles. The molecule has 1 aromatic rings. The first kappa shape index (κ1) is 18.7. The maximum Gasteiger partial charge on any atom is 0.277 e. The van der Waals surface area contributed by atoms with E-state index < -0.39 is 0 Å². The van der Waals surface area contributed by atoms with E-state index in [1.807, 2.05) is 24.6 Å². The van der Waals surface area contributed by atoms with E-state index in [0.29, 0.717) is 24.4 Å². The minimum Gasteiger partial charge on any atom is -0.376 e. The minimum atomic E-state index is -0.173.